The standard InChI is InChI=1S/C21H15N5O3S2/c27-20(19-13-14-12-15(26(28)29)6-7-17(14)30-19)25(11-10-24-9-3-8-22-24)21-23-16-4-1-2-5-18(16)31-21/h1-9,12-13H,10-11H2. The lowest BCUT2D eigenvalue weighted by Gasteiger charge is -2.19. The molecule has 0 saturated heterocycles. The molecule has 2 aromatic carbocycles. The van der Waals surface area contributed by atoms with Gasteiger partial charge in [0.2, 0.25) is 0 Å². The Morgan fingerprint density at radius 1 is 1.10 bits per heavy atom. The predicted molar refractivity (Wildman–Crippen MR) is 122 cm³/mol. The molecule has 0 radical (unpaired) electrons. The zero-order chi connectivity index (χ0) is 21.4. The zero-order valence-electron chi connectivity index (χ0n) is 16.0. The SMILES string of the molecule is O=C(c1cc2cc([N+](=O)[O-])ccc2s1)N(CCn1cccn1)c1nc2ccccc2s1. The Morgan fingerprint density at radius 2 is 1.97 bits per heavy atom. The van der Waals surface area contributed by atoms with Gasteiger partial charge in [-0.05, 0) is 30.3 Å². The van der Waals surface area contributed by atoms with E-state index in [1.54, 1.807) is 27.9 Å². The molecule has 0 spiro atoms. The maximum absolute atomic E-state index is 13.5. The van der Waals surface area contributed by atoms with E-state index in [1.807, 2.05) is 36.5 Å². The van der Waals surface area contributed by atoms with Crippen LogP contribution in [0.3, 0.4) is 0 Å². The van der Waals surface area contributed by atoms with Gasteiger partial charge in [-0.15, -0.1) is 11.3 Å². The number of para-hydroxylation sites is 1. The van der Waals surface area contributed by atoms with E-state index in [0.717, 1.165) is 14.9 Å². The van der Waals surface area contributed by atoms with Crippen LogP contribution in [0.15, 0.2) is 67.0 Å². The number of nitro benzene ring substituents is 1. The van der Waals surface area contributed by atoms with Gasteiger partial charge in [0.05, 0.1) is 26.6 Å². The number of nitro groups is 1. The molecule has 8 nitrogen and oxygen atoms in total. The van der Waals surface area contributed by atoms with E-state index in [-0.39, 0.29) is 11.6 Å². The second-order valence-corrected chi connectivity index (χ2v) is 8.87. The number of rotatable bonds is 6. The summed E-state index contributed by atoms with van der Waals surface area (Å²) >= 11 is 2.78. The lowest BCUT2D eigenvalue weighted by Crippen LogP contribution is -2.33. The number of thiazole rings is 1. The van der Waals surface area contributed by atoms with Crippen molar-refractivity contribution >= 4 is 59.7 Å². The number of nitrogens with zero attached hydrogens (tertiary/aromatic N) is 5. The summed E-state index contributed by atoms with van der Waals surface area (Å²) in [5, 5.41) is 16.6. The lowest BCUT2D eigenvalue weighted by molar-refractivity contribution is -0.384. The fraction of sp³-hybridized carbons (Fsp3) is 0.0952. The molecule has 0 saturated carbocycles. The average Bonchev–Trinajstić information content (AvgIpc) is 3.51. The van der Waals surface area contributed by atoms with Crippen molar-refractivity contribution < 1.29 is 9.72 Å². The zero-order valence-corrected chi connectivity index (χ0v) is 17.7. The number of aromatic nitrogens is 3. The Morgan fingerprint density at radius 3 is 2.74 bits per heavy atom. The summed E-state index contributed by atoms with van der Waals surface area (Å²) in [7, 11) is 0. The number of benzene rings is 2. The molecule has 31 heavy (non-hydrogen) atoms. The average molecular weight is 450 g/mol. The van der Waals surface area contributed by atoms with Crippen LogP contribution in [0.5, 0.6) is 0 Å². The molecule has 0 aliphatic heterocycles. The third kappa shape index (κ3) is 3.78. The van der Waals surface area contributed by atoms with E-state index in [2.05, 4.69) is 10.1 Å². The Hall–Kier alpha value is -3.63. The molecule has 5 rings (SSSR count). The predicted octanol–water partition coefficient (Wildman–Crippen LogP) is 4.96. The van der Waals surface area contributed by atoms with Crippen molar-refractivity contribution in [2.75, 3.05) is 11.4 Å². The molecule has 0 aliphatic rings. The highest BCUT2D eigenvalue weighted by atomic mass is 32.1. The first-order chi connectivity index (χ1) is 15.1. The molecular formula is C21H15N5O3S2. The smallest absolute Gasteiger partial charge is 0.270 e. The molecular weight excluding hydrogens is 434 g/mol. The second kappa shape index (κ2) is 7.89. The highest BCUT2D eigenvalue weighted by molar-refractivity contribution is 7.23. The monoisotopic (exact) mass is 449 g/mol. The molecule has 0 bridgehead atoms. The van der Waals surface area contributed by atoms with Crippen molar-refractivity contribution in [2.24, 2.45) is 0 Å². The highest BCUT2D eigenvalue weighted by Crippen LogP contribution is 2.33. The summed E-state index contributed by atoms with van der Waals surface area (Å²) in [4.78, 5) is 31.0. The quantitative estimate of drug-likeness (QED) is 0.270. The van der Waals surface area contributed by atoms with Crippen molar-refractivity contribution in [3.63, 3.8) is 0 Å². The summed E-state index contributed by atoms with van der Waals surface area (Å²) in [5.74, 6) is -0.185. The minimum absolute atomic E-state index is 0.00557. The van der Waals surface area contributed by atoms with E-state index < -0.39 is 4.92 Å². The maximum Gasteiger partial charge on any atom is 0.270 e. The minimum Gasteiger partial charge on any atom is -0.281 e. The van der Waals surface area contributed by atoms with Crippen LogP contribution in [-0.2, 0) is 6.54 Å². The van der Waals surface area contributed by atoms with Crippen LogP contribution in [0.1, 0.15) is 9.67 Å². The summed E-state index contributed by atoms with van der Waals surface area (Å²) in [5.41, 5.74) is 0.845. The van der Waals surface area contributed by atoms with Gasteiger partial charge in [-0.2, -0.15) is 5.10 Å². The van der Waals surface area contributed by atoms with E-state index in [9.17, 15) is 14.9 Å². The van der Waals surface area contributed by atoms with Crippen molar-refractivity contribution in [1.82, 2.24) is 14.8 Å². The van der Waals surface area contributed by atoms with Crippen LogP contribution >= 0.6 is 22.7 Å². The van der Waals surface area contributed by atoms with Crippen molar-refractivity contribution in [3.8, 4) is 0 Å². The topological polar surface area (TPSA) is 94.2 Å². The first-order valence-corrected chi connectivity index (χ1v) is 11.0. The molecule has 3 heterocycles. The molecule has 0 aliphatic carbocycles. The largest absolute Gasteiger partial charge is 0.281 e. The Labute approximate surface area is 184 Å². The van der Waals surface area contributed by atoms with Crippen LogP contribution < -0.4 is 4.90 Å². The number of thiophene rings is 1. The first-order valence-electron chi connectivity index (χ1n) is 9.41. The number of hydrogen-bond donors (Lipinski definition) is 0. The lowest BCUT2D eigenvalue weighted by atomic mass is 10.2. The summed E-state index contributed by atoms with van der Waals surface area (Å²) in [6.45, 7) is 0.916. The molecule has 0 N–H and O–H groups in total. The van der Waals surface area contributed by atoms with Crippen molar-refractivity contribution in [2.45, 2.75) is 6.54 Å². The molecule has 0 fully saturated rings. The second-order valence-electron chi connectivity index (χ2n) is 6.78. The van der Waals surface area contributed by atoms with Gasteiger partial charge in [-0.25, -0.2) is 4.98 Å². The fourth-order valence-corrected chi connectivity index (χ4v) is 5.26. The summed E-state index contributed by atoms with van der Waals surface area (Å²) in [6.07, 6.45) is 3.54. The molecule has 10 heteroatoms. The summed E-state index contributed by atoms with van der Waals surface area (Å²) in [6, 6.07) is 15.9. The van der Waals surface area contributed by atoms with Crippen LogP contribution in [0.25, 0.3) is 20.3 Å². The van der Waals surface area contributed by atoms with E-state index in [0.29, 0.717) is 28.5 Å². The van der Waals surface area contributed by atoms with E-state index in [4.69, 9.17) is 0 Å². The van der Waals surface area contributed by atoms with Gasteiger partial charge in [0.15, 0.2) is 5.13 Å². The Kier molecular flexibility index (Phi) is 4.92. The van der Waals surface area contributed by atoms with Gasteiger partial charge in [0.1, 0.15) is 0 Å². The number of carbonyl (C=O) groups excluding carboxylic acids is 1. The van der Waals surface area contributed by atoms with Crippen molar-refractivity contribution in [3.05, 3.63) is 82.0 Å². The van der Waals surface area contributed by atoms with Crippen LogP contribution in [0, 0.1) is 10.1 Å². The van der Waals surface area contributed by atoms with Crippen LogP contribution in [-0.4, -0.2) is 32.1 Å². The Balaban J connectivity index is 1.52. The number of anilines is 1. The third-order valence-electron chi connectivity index (χ3n) is 4.79. The van der Waals surface area contributed by atoms with Gasteiger partial charge in [0, 0.05) is 41.2 Å². The maximum atomic E-state index is 13.5. The van der Waals surface area contributed by atoms with E-state index >= 15 is 0 Å². The van der Waals surface area contributed by atoms with Gasteiger partial charge in [-0.1, -0.05) is 23.5 Å². The normalized spacial score (nSPS) is 11.2. The molecule has 5 aromatic rings. The fourth-order valence-electron chi connectivity index (χ4n) is 3.28. The van der Waals surface area contributed by atoms with Crippen LogP contribution in [0.2, 0.25) is 0 Å². The molecule has 154 valence electrons. The minimum atomic E-state index is -0.434. The van der Waals surface area contributed by atoms with Crippen LogP contribution in [0.4, 0.5) is 10.8 Å². The van der Waals surface area contributed by atoms with E-state index in [1.165, 1.54) is 34.8 Å². The molecule has 0 atom stereocenters. The molecule has 3 aromatic heterocycles. The molecule has 0 unspecified atom stereocenters. The van der Waals surface area contributed by atoms with Gasteiger partial charge in [0.25, 0.3) is 11.6 Å². The van der Waals surface area contributed by atoms with Gasteiger partial charge in [-0.3, -0.25) is 24.5 Å². The highest BCUT2D eigenvalue weighted by Gasteiger charge is 2.23. The number of non-ortho nitro benzene ring substituents is 1. The number of carbonyl (C=O) groups is 1. The van der Waals surface area contributed by atoms with Crippen molar-refractivity contribution in [1.29, 1.82) is 0 Å². The number of hydrogen-bond acceptors (Lipinski definition) is 7. The molecule has 1 amide bonds. The number of amides is 1. The van der Waals surface area contributed by atoms with Gasteiger partial charge >= 0.3 is 0 Å². The third-order valence-corrected chi connectivity index (χ3v) is 6.96. The summed E-state index contributed by atoms with van der Waals surface area (Å²) < 4.78 is 3.59. The first kappa shape index (κ1) is 19.3. The van der Waals surface area contributed by atoms with Gasteiger partial charge < -0.3 is 0 Å². The Bertz CT molecular complexity index is 1370. The number of fused-ring (bicyclic) bond motifs is 2.